The molecule has 0 aliphatic carbocycles. The number of hydrogen-bond donors (Lipinski definition) is 0. The zero-order valence-electron chi connectivity index (χ0n) is 21.1. The van der Waals surface area contributed by atoms with Gasteiger partial charge >= 0.3 is 6.01 Å². The van der Waals surface area contributed by atoms with Crippen molar-refractivity contribution >= 4 is 16.7 Å². The van der Waals surface area contributed by atoms with E-state index in [1.54, 1.807) is 7.11 Å². The molecule has 10 heteroatoms. The van der Waals surface area contributed by atoms with Crippen LogP contribution in [0.2, 0.25) is 0 Å². The van der Waals surface area contributed by atoms with Crippen LogP contribution in [0.5, 0.6) is 6.01 Å². The highest BCUT2D eigenvalue weighted by Gasteiger charge is 2.36. The first-order valence-corrected chi connectivity index (χ1v) is 12.7. The van der Waals surface area contributed by atoms with Crippen molar-refractivity contribution in [1.29, 1.82) is 0 Å². The van der Waals surface area contributed by atoms with Gasteiger partial charge in [0.2, 0.25) is 0 Å². The number of aromatic nitrogens is 4. The number of halogens is 1. The van der Waals surface area contributed by atoms with E-state index in [1.807, 2.05) is 16.9 Å². The van der Waals surface area contributed by atoms with E-state index < -0.39 is 6.17 Å². The molecule has 0 amide bonds. The molecule has 6 rings (SSSR count). The SMILES string of the molecule is COc1nc(N2CCOC[C@@H]2C)cc(-n2ncc3cc(C)c(C4CCN(C5COC5)CC4F)cc32)n1. The molecular weight excluding hydrogens is 463 g/mol. The van der Waals surface area contributed by atoms with Crippen molar-refractivity contribution in [3.8, 4) is 11.8 Å². The summed E-state index contributed by atoms with van der Waals surface area (Å²) in [5, 5.41) is 5.65. The van der Waals surface area contributed by atoms with Gasteiger partial charge in [0.25, 0.3) is 0 Å². The van der Waals surface area contributed by atoms with Gasteiger partial charge in [0.15, 0.2) is 5.82 Å². The van der Waals surface area contributed by atoms with Crippen LogP contribution in [0.1, 0.15) is 30.4 Å². The minimum Gasteiger partial charge on any atom is -0.467 e. The Labute approximate surface area is 210 Å². The molecule has 0 saturated carbocycles. The Kier molecular flexibility index (Phi) is 6.27. The summed E-state index contributed by atoms with van der Waals surface area (Å²) in [6, 6.07) is 6.99. The van der Waals surface area contributed by atoms with Crippen LogP contribution in [0, 0.1) is 6.92 Å². The Balaban J connectivity index is 1.35. The molecule has 3 fully saturated rings. The molecule has 0 radical (unpaired) electrons. The molecule has 3 aliphatic heterocycles. The van der Waals surface area contributed by atoms with Gasteiger partial charge in [-0.1, -0.05) is 0 Å². The van der Waals surface area contributed by atoms with Crippen LogP contribution in [0.15, 0.2) is 24.4 Å². The Bertz CT molecular complexity index is 1250. The van der Waals surface area contributed by atoms with Gasteiger partial charge in [-0.15, -0.1) is 0 Å². The van der Waals surface area contributed by atoms with Crippen LogP contribution in [-0.4, -0.2) is 96.1 Å². The number of alkyl halides is 1. The van der Waals surface area contributed by atoms with Crippen molar-refractivity contribution in [1.82, 2.24) is 24.6 Å². The molecule has 0 N–H and O–H groups in total. The van der Waals surface area contributed by atoms with E-state index in [1.165, 1.54) is 0 Å². The van der Waals surface area contributed by atoms with Crippen molar-refractivity contribution < 1.29 is 18.6 Å². The molecular formula is C26H33FN6O3. The molecule has 3 aliphatic rings. The van der Waals surface area contributed by atoms with Gasteiger partial charge in [0.05, 0.1) is 57.3 Å². The van der Waals surface area contributed by atoms with E-state index in [4.69, 9.17) is 14.2 Å². The number of benzene rings is 1. The Morgan fingerprint density at radius 1 is 1.06 bits per heavy atom. The number of morpholine rings is 1. The standard InChI is InChI=1S/C26H33FN6O3/c1-16-8-18-11-28-33(25-10-24(29-26(30-25)34-3)32-6-7-35-13-17(32)2)23(18)9-21(16)20-4-5-31(12-22(20)27)19-14-36-15-19/h8-11,17,19-20,22H,4-7,12-15H2,1-3H3/t17-,20?,22?/m0/s1. The lowest BCUT2D eigenvalue weighted by Crippen LogP contribution is -2.54. The van der Waals surface area contributed by atoms with E-state index in [-0.39, 0.29) is 18.0 Å². The van der Waals surface area contributed by atoms with Gasteiger partial charge in [0.1, 0.15) is 12.0 Å². The third-order valence-corrected chi connectivity index (χ3v) is 7.81. The second-order valence-corrected chi connectivity index (χ2v) is 10.1. The second kappa shape index (κ2) is 9.57. The average molecular weight is 497 g/mol. The fourth-order valence-electron chi connectivity index (χ4n) is 5.65. The largest absolute Gasteiger partial charge is 0.467 e. The number of piperidine rings is 1. The number of methoxy groups -OCH3 is 1. The molecule has 0 bridgehead atoms. The van der Waals surface area contributed by atoms with Gasteiger partial charge in [-0.05, 0) is 50.1 Å². The van der Waals surface area contributed by atoms with Crippen LogP contribution in [-0.2, 0) is 9.47 Å². The minimum absolute atomic E-state index is 0.139. The number of hydrogen-bond acceptors (Lipinski definition) is 8. The van der Waals surface area contributed by atoms with E-state index in [9.17, 15) is 0 Å². The van der Waals surface area contributed by atoms with E-state index in [0.29, 0.717) is 31.6 Å². The highest BCUT2D eigenvalue weighted by atomic mass is 19.1. The molecule has 2 unspecified atom stereocenters. The Morgan fingerprint density at radius 3 is 2.61 bits per heavy atom. The fraction of sp³-hybridized carbons (Fsp3) is 0.577. The number of nitrogens with zero attached hydrogens (tertiary/aromatic N) is 6. The van der Waals surface area contributed by atoms with Crippen LogP contribution < -0.4 is 9.64 Å². The lowest BCUT2D eigenvalue weighted by molar-refractivity contribution is -0.0807. The second-order valence-electron chi connectivity index (χ2n) is 10.1. The molecule has 3 atom stereocenters. The molecule has 9 nitrogen and oxygen atoms in total. The summed E-state index contributed by atoms with van der Waals surface area (Å²) in [6.07, 6.45) is 1.71. The van der Waals surface area contributed by atoms with Crippen LogP contribution in [0.3, 0.4) is 0 Å². The van der Waals surface area contributed by atoms with Gasteiger partial charge in [0, 0.05) is 30.5 Å². The number of fused-ring (bicyclic) bond motifs is 1. The molecule has 5 heterocycles. The quantitative estimate of drug-likeness (QED) is 0.534. The van der Waals surface area contributed by atoms with Crippen LogP contribution >= 0.6 is 0 Å². The first-order chi connectivity index (χ1) is 17.5. The number of likely N-dealkylation sites (tertiary alicyclic amines) is 1. The minimum atomic E-state index is -0.916. The molecule has 36 heavy (non-hydrogen) atoms. The zero-order valence-corrected chi connectivity index (χ0v) is 21.1. The first-order valence-electron chi connectivity index (χ1n) is 12.7. The maximum Gasteiger partial charge on any atom is 0.320 e. The lowest BCUT2D eigenvalue weighted by Gasteiger charge is -2.43. The van der Waals surface area contributed by atoms with Crippen molar-refractivity contribution in [2.45, 2.75) is 44.4 Å². The summed E-state index contributed by atoms with van der Waals surface area (Å²) in [5.41, 5.74) is 3.04. The molecule has 1 aromatic carbocycles. The lowest BCUT2D eigenvalue weighted by atomic mass is 9.84. The smallest absolute Gasteiger partial charge is 0.320 e. The third kappa shape index (κ3) is 4.21. The zero-order chi connectivity index (χ0) is 24.8. The summed E-state index contributed by atoms with van der Waals surface area (Å²) in [6.45, 7) is 9.00. The summed E-state index contributed by atoms with van der Waals surface area (Å²) >= 11 is 0. The van der Waals surface area contributed by atoms with Crippen molar-refractivity contribution in [2.75, 3.05) is 58.1 Å². The van der Waals surface area contributed by atoms with Gasteiger partial charge in [-0.25, -0.2) is 9.07 Å². The summed E-state index contributed by atoms with van der Waals surface area (Å²) in [4.78, 5) is 13.6. The number of anilines is 1. The molecule has 2 aromatic heterocycles. The van der Waals surface area contributed by atoms with Crippen LogP contribution in [0.25, 0.3) is 16.7 Å². The molecule has 3 aromatic rings. The molecule has 192 valence electrons. The molecule has 3 saturated heterocycles. The van der Waals surface area contributed by atoms with E-state index in [0.717, 1.165) is 60.6 Å². The van der Waals surface area contributed by atoms with Crippen LogP contribution in [0.4, 0.5) is 10.2 Å². The van der Waals surface area contributed by atoms with Gasteiger partial charge in [-0.3, -0.25) is 4.90 Å². The fourth-order valence-corrected chi connectivity index (χ4v) is 5.65. The topological polar surface area (TPSA) is 77.8 Å². The predicted octanol–water partition coefficient (Wildman–Crippen LogP) is 2.88. The van der Waals surface area contributed by atoms with Crippen molar-refractivity contribution in [3.63, 3.8) is 0 Å². The average Bonchev–Trinajstić information content (AvgIpc) is 3.25. The van der Waals surface area contributed by atoms with Gasteiger partial charge < -0.3 is 19.1 Å². The van der Waals surface area contributed by atoms with E-state index >= 15 is 4.39 Å². The molecule has 0 spiro atoms. The summed E-state index contributed by atoms with van der Waals surface area (Å²) in [5.74, 6) is 1.26. The monoisotopic (exact) mass is 496 g/mol. The predicted molar refractivity (Wildman–Crippen MR) is 134 cm³/mol. The summed E-state index contributed by atoms with van der Waals surface area (Å²) < 4.78 is 33.6. The third-order valence-electron chi connectivity index (χ3n) is 7.81. The highest BCUT2D eigenvalue weighted by Crippen LogP contribution is 2.36. The van der Waals surface area contributed by atoms with Crippen molar-refractivity contribution in [2.24, 2.45) is 0 Å². The van der Waals surface area contributed by atoms with Gasteiger partial charge in [-0.2, -0.15) is 15.1 Å². The summed E-state index contributed by atoms with van der Waals surface area (Å²) in [7, 11) is 1.57. The van der Waals surface area contributed by atoms with Crippen molar-refractivity contribution in [3.05, 3.63) is 35.5 Å². The Hall–Kier alpha value is -2.82. The normalized spacial score (nSPS) is 25.8. The number of aryl methyl sites for hydroxylation is 1. The van der Waals surface area contributed by atoms with E-state index in [2.05, 4.69) is 50.8 Å². The number of ether oxygens (including phenoxy) is 3. The maximum atomic E-state index is 15.5. The number of rotatable bonds is 5. The highest BCUT2D eigenvalue weighted by molar-refractivity contribution is 5.82. The first kappa shape index (κ1) is 23.6. The maximum absolute atomic E-state index is 15.5. The Morgan fingerprint density at radius 2 is 1.89 bits per heavy atom.